The molecule has 1 aliphatic rings. The van der Waals surface area contributed by atoms with Crippen molar-refractivity contribution in [2.45, 2.75) is 31.8 Å². The molecule has 3 nitrogen and oxygen atoms in total. The standard InChI is InChI=1S/C16H24F2N2O/c1-16(2,20-6-8-21-9-7-20)15(19-3)11-12-4-5-13(17)14(18)10-12/h4-5,10,15,19H,6-9,11H2,1-3H3. The summed E-state index contributed by atoms with van der Waals surface area (Å²) in [5.74, 6) is -1.58. The predicted molar refractivity (Wildman–Crippen MR) is 79.4 cm³/mol. The van der Waals surface area contributed by atoms with Gasteiger partial charge >= 0.3 is 0 Å². The van der Waals surface area contributed by atoms with E-state index >= 15 is 0 Å². The Morgan fingerprint density at radius 3 is 2.48 bits per heavy atom. The molecule has 1 aliphatic heterocycles. The van der Waals surface area contributed by atoms with Gasteiger partial charge in [-0.2, -0.15) is 0 Å². The molecular formula is C16H24F2N2O. The molecule has 0 amide bonds. The minimum atomic E-state index is -0.799. The van der Waals surface area contributed by atoms with Gasteiger partial charge in [-0.1, -0.05) is 6.07 Å². The van der Waals surface area contributed by atoms with Crippen LogP contribution in [0.5, 0.6) is 0 Å². The van der Waals surface area contributed by atoms with Crippen molar-refractivity contribution < 1.29 is 13.5 Å². The molecule has 0 bridgehead atoms. The van der Waals surface area contributed by atoms with E-state index in [-0.39, 0.29) is 11.6 Å². The minimum absolute atomic E-state index is 0.0939. The first-order valence-corrected chi connectivity index (χ1v) is 7.39. The summed E-state index contributed by atoms with van der Waals surface area (Å²) in [7, 11) is 1.91. The molecule has 0 spiro atoms. The molecule has 0 aliphatic carbocycles. The number of halogens is 2. The molecule has 1 unspecified atom stereocenters. The van der Waals surface area contributed by atoms with Gasteiger partial charge in [-0.05, 0) is 45.0 Å². The van der Waals surface area contributed by atoms with E-state index in [0.717, 1.165) is 31.9 Å². The number of morpholine rings is 1. The molecule has 2 rings (SSSR count). The third-order valence-corrected chi connectivity index (χ3v) is 4.45. The lowest BCUT2D eigenvalue weighted by atomic mass is 9.87. The van der Waals surface area contributed by atoms with Crippen LogP contribution in [0.15, 0.2) is 18.2 Å². The molecule has 1 saturated heterocycles. The first kappa shape index (κ1) is 16.3. The van der Waals surface area contributed by atoms with E-state index in [4.69, 9.17) is 4.74 Å². The second kappa shape index (κ2) is 6.81. The van der Waals surface area contributed by atoms with E-state index in [2.05, 4.69) is 24.1 Å². The van der Waals surface area contributed by atoms with Crippen molar-refractivity contribution in [1.82, 2.24) is 10.2 Å². The number of hydrogen-bond donors (Lipinski definition) is 1. The lowest BCUT2D eigenvalue weighted by molar-refractivity contribution is -0.0223. The largest absolute Gasteiger partial charge is 0.379 e. The van der Waals surface area contributed by atoms with Crippen LogP contribution in [-0.4, -0.2) is 49.8 Å². The molecule has 1 N–H and O–H groups in total. The zero-order chi connectivity index (χ0) is 15.5. The fourth-order valence-electron chi connectivity index (χ4n) is 2.97. The summed E-state index contributed by atoms with van der Waals surface area (Å²) < 4.78 is 31.8. The number of rotatable bonds is 5. The minimum Gasteiger partial charge on any atom is -0.379 e. The van der Waals surface area contributed by atoms with Gasteiger partial charge in [0.2, 0.25) is 0 Å². The van der Waals surface area contributed by atoms with Crippen LogP contribution in [-0.2, 0) is 11.2 Å². The molecule has 1 fully saturated rings. The van der Waals surface area contributed by atoms with Crippen molar-refractivity contribution in [3.05, 3.63) is 35.4 Å². The normalized spacial score (nSPS) is 18.7. The van der Waals surface area contributed by atoms with Crippen LogP contribution >= 0.6 is 0 Å². The van der Waals surface area contributed by atoms with Crippen LogP contribution < -0.4 is 5.32 Å². The van der Waals surface area contributed by atoms with Gasteiger partial charge in [0.05, 0.1) is 13.2 Å². The maximum atomic E-state index is 13.4. The summed E-state index contributed by atoms with van der Waals surface area (Å²) in [5, 5.41) is 3.32. The average Bonchev–Trinajstić information content (AvgIpc) is 2.49. The van der Waals surface area contributed by atoms with Crippen LogP contribution in [0, 0.1) is 11.6 Å². The lowest BCUT2D eigenvalue weighted by Crippen LogP contribution is -2.60. The van der Waals surface area contributed by atoms with Crippen molar-refractivity contribution in [2.75, 3.05) is 33.4 Å². The average molecular weight is 298 g/mol. The number of ether oxygens (including phenoxy) is 1. The maximum absolute atomic E-state index is 13.4. The van der Waals surface area contributed by atoms with Crippen LogP contribution in [0.2, 0.25) is 0 Å². The molecule has 1 aromatic rings. The highest BCUT2D eigenvalue weighted by atomic mass is 19.2. The Bertz CT molecular complexity index is 473. The van der Waals surface area contributed by atoms with Crippen molar-refractivity contribution in [3.63, 3.8) is 0 Å². The SMILES string of the molecule is CNC(Cc1ccc(F)c(F)c1)C(C)(C)N1CCOCC1. The molecule has 1 atom stereocenters. The summed E-state index contributed by atoms with van der Waals surface area (Å²) >= 11 is 0. The highest BCUT2D eigenvalue weighted by Gasteiger charge is 2.35. The molecule has 118 valence electrons. The zero-order valence-corrected chi connectivity index (χ0v) is 13.0. The van der Waals surface area contributed by atoms with Gasteiger partial charge in [0.25, 0.3) is 0 Å². The maximum Gasteiger partial charge on any atom is 0.159 e. The van der Waals surface area contributed by atoms with E-state index < -0.39 is 11.6 Å². The molecule has 0 aromatic heterocycles. The Labute approximate surface area is 125 Å². The molecule has 0 saturated carbocycles. The lowest BCUT2D eigenvalue weighted by Gasteiger charge is -2.46. The highest BCUT2D eigenvalue weighted by Crippen LogP contribution is 2.23. The summed E-state index contributed by atoms with van der Waals surface area (Å²) in [6.07, 6.45) is 0.651. The fourth-order valence-corrected chi connectivity index (χ4v) is 2.97. The van der Waals surface area contributed by atoms with Gasteiger partial charge in [0.1, 0.15) is 0 Å². The van der Waals surface area contributed by atoms with E-state index in [9.17, 15) is 8.78 Å². The smallest absolute Gasteiger partial charge is 0.159 e. The first-order chi connectivity index (χ1) is 9.95. The molecule has 1 heterocycles. The quantitative estimate of drug-likeness (QED) is 0.902. The number of nitrogens with one attached hydrogen (secondary N) is 1. The molecule has 21 heavy (non-hydrogen) atoms. The summed E-state index contributed by atoms with van der Waals surface area (Å²) in [6, 6.07) is 4.27. The van der Waals surface area contributed by atoms with Crippen LogP contribution in [0.4, 0.5) is 8.78 Å². The fraction of sp³-hybridized carbons (Fsp3) is 0.625. The number of benzene rings is 1. The van der Waals surface area contributed by atoms with Gasteiger partial charge in [-0.15, -0.1) is 0 Å². The molecule has 0 radical (unpaired) electrons. The van der Waals surface area contributed by atoms with E-state index in [1.54, 1.807) is 6.07 Å². The van der Waals surface area contributed by atoms with Crippen molar-refractivity contribution in [3.8, 4) is 0 Å². The summed E-state index contributed by atoms with van der Waals surface area (Å²) in [5.41, 5.74) is 0.707. The van der Waals surface area contributed by atoms with Crippen LogP contribution in [0.25, 0.3) is 0 Å². The van der Waals surface area contributed by atoms with Gasteiger partial charge in [0, 0.05) is 24.7 Å². The van der Waals surface area contributed by atoms with Gasteiger partial charge in [-0.3, -0.25) is 4.90 Å². The Balaban J connectivity index is 2.12. The van der Waals surface area contributed by atoms with Gasteiger partial charge in [0.15, 0.2) is 11.6 Å². The molecular weight excluding hydrogens is 274 g/mol. The van der Waals surface area contributed by atoms with Crippen molar-refractivity contribution in [1.29, 1.82) is 0 Å². The molecule has 5 heteroatoms. The van der Waals surface area contributed by atoms with Crippen LogP contribution in [0.1, 0.15) is 19.4 Å². The second-order valence-electron chi connectivity index (χ2n) is 6.05. The zero-order valence-electron chi connectivity index (χ0n) is 13.0. The number of likely N-dealkylation sites (N-methyl/N-ethyl adjacent to an activating group) is 1. The van der Waals surface area contributed by atoms with Crippen molar-refractivity contribution >= 4 is 0 Å². The van der Waals surface area contributed by atoms with E-state index in [0.29, 0.717) is 6.42 Å². The van der Waals surface area contributed by atoms with E-state index in [1.807, 2.05) is 7.05 Å². The number of hydrogen-bond acceptors (Lipinski definition) is 3. The van der Waals surface area contributed by atoms with Crippen LogP contribution in [0.3, 0.4) is 0 Å². The summed E-state index contributed by atoms with van der Waals surface area (Å²) in [6.45, 7) is 7.63. The van der Waals surface area contributed by atoms with Gasteiger partial charge in [-0.25, -0.2) is 8.78 Å². The Kier molecular flexibility index (Phi) is 5.30. The van der Waals surface area contributed by atoms with Crippen molar-refractivity contribution in [2.24, 2.45) is 0 Å². The first-order valence-electron chi connectivity index (χ1n) is 7.39. The van der Waals surface area contributed by atoms with E-state index in [1.165, 1.54) is 12.1 Å². The Morgan fingerprint density at radius 1 is 1.24 bits per heavy atom. The van der Waals surface area contributed by atoms with Gasteiger partial charge < -0.3 is 10.1 Å². The molecule has 1 aromatic carbocycles. The topological polar surface area (TPSA) is 24.5 Å². The second-order valence-corrected chi connectivity index (χ2v) is 6.05. The predicted octanol–water partition coefficient (Wildman–Crippen LogP) is 2.21. The highest BCUT2D eigenvalue weighted by molar-refractivity contribution is 5.20. The third-order valence-electron chi connectivity index (χ3n) is 4.45. The Hall–Kier alpha value is -1.04. The Morgan fingerprint density at radius 2 is 1.90 bits per heavy atom. The third kappa shape index (κ3) is 3.78. The monoisotopic (exact) mass is 298 g/mol. The summed E-state index contributed by atoms with van der Waals surface area (Å²) in [4.78, 5) is 2.39. The number of nitrogens with zero attached hydrogens (tertiary/aromatic N) is 1.